The molecule has 6 heteroatoms. The number of imide groups is 1. The zero-order valence-corrected chi connectivity index (χ0v) is 19.0. The second-order valence-electron chi connectivity index (χ2n) is 8.58. The van der Waals surface area contributed by atoms with Crippen molar-refractivity contribution in [3.05, 3.63) is 70.4 Å². The number of ether oxygens (including phenoxy) is 1. The van der Waals surface area contributed by atoms with Crippen LogP contribution in [0.25, 0.3) is 5.57 Å². The van der Waals surface area contributed by atoms with E-state index in [-0.39, 0.29) is 24.0 Å². The molecule has 2 atom stereocenters. The third kappa shape index (κ3) is 4.12. The smallest absolute Gasteiger partial charge is 0.282 e. The van der Waals surface area contributed by atoms with E-state index < -0.39 is 0 Å². The molecule has 2 amide bonds. The number of hydrogen-bond acceptors (Lipinski definition) is 4. The van der Waals surface area contributed by atoms with E-state index in [4.69, 9.17) is 16.3 Å². The van der Waals surface area contributed by atoms with Crippen molar-refractivity contribution in [2.45, 2.75) is 45.8 Å². The molecule has 0 aliphatic carbocycles. The maximum atomic E-state index is 13.6. The highest BCUT2D eigenvalue weighted by Gasteiger charge is 2.43. The first kappa shape index (κ1) is 21.6. The molecular weight excluding hydrogens is 412 g/mol. The lowest BCUT2D eigenvalue weighted by Gasteiger charge is -2.37. The topological polar surface area (TPSA) is 49.9 Å². The molecule has 2 aliphatic rings. The van der Waals surface area contributed by atoms with E-state index in [0.29, 0.717) is 46.6 Å². The number of hydrogen-bond donors (Lipinski definition) is 0. The first-order chi connectivity index (χ1) is 14.8. The summed E-state index contributed by atoms with van der Waals surface area (Å²) in [5, 5.41) is 0.581. The monoisotopic (exact) mass is 438 g/mol. The van der Waals surface area contributed by atoms with Crippen LogP contribution in [0.5, 0.6) is 0 Å². The zero-order valence-electron chi connectivity index (χ0n) is 18.3. The highest BCUT2D eigenvalue weighted by molar-refractivity contribution is 6.45. The van der Waals surface area contributed by atoms with Crippen molar-refractivity contribution in [3.8, 4) is 0 Å². The van der Waals surface area contributed by atoms with Crippen molar-refractivity contribution in [1.29, 1.82) is 0 Å². The Morgan fingerprint density at radius 3 is 2.03 bits per heavy atom. The van der Waals surface area contributed by atoms with Gasteiger partial charge in [-0.2, -0.15) is 0 Å². The molecule has 2 aromatic carbocycles. The summed E-state index contributed by atoms with van der Waals surface area (Å²) in [5.74, 6) is -0.242. The number of morpholine rings is 1. The Morgan fingerprint density at radius 1 is 0.903 bits per heavy atom. The van der Waals surface area contributed by atoms with Gasteiger partial charge in [0.2, 0.25) is 0 Å². The number of amides is 2. The lowest BCUT2D eigenvalue weighted by molar-refractivity contribution is -0.121. The quantitative estimate of drug-likeness (QED) is 0.640. The van der Waals surface area contributed by atoms with Gasteiger partial charge in [-0.3, -0.25) is 9.59 Å². The Hall–Kier alpha value is -2.63. The number of carbonyl (C=O) groups excluding carboxylic acids is 2. The molecule has 0 aromatic heterocycles. The van der Waals surface area contributed by atoms with Gasteiger partial charge in [0, 0.05) is 18.1 Å². The van der Waals surface area contributed by atoms with Crippen LogP contribution in [0, 0.1) is 0 Å². The molecule has 0 bridgehead atoms. The summed E-state index contributed by atoms with van der Waals surface area (Å²) in [7, 11) is 0. The van der Waals surface area contributed by atoms with Gasteiger partial charge in [0.1, 0.15) is 5.70 Å². The maximum Gasteiger partial charge on any atom is 0.282 e. The summed E-state index contributed by atoms with van der Waals surface area (Å²) < 4.78 is 5.85. The summed E-state index contributed by atoms with van der Waals surface area (Å²) in [6.45, 7) is 9.29. The summed E-state index contributed by atoms with van der Waals surface area (Å²) >= 11 is 6.07. The Labute approximate surface area is 188 Å². The molecule has 162 valence electrons. The Morgan fingerprint density at radius 2 is 1.48 bits per heavy atom. The van der Waals surface area contributed by atoms with E-state index >= 15 is 0 Å². The van der Waals surface area contributed by atoms with Gasteiger partial charge in [-0.1, -0.05) is 49.7 Å². The normalized spacial score (nSPS) is 22.1. The van der Waals surface area contributed by atoms with Crippen LogP contribution in [0.2, 0.25) is 5.02 Å². The Balaban J connectivity index is 1.79. The number of rotatable bonds is 4. The van der Waals surface area contributed by atoms with Crippen molar-refractivity contribution >= 4 is 34.7 Å². The molecule has 5 nitrogen and oxygen atoms in total. The largest absolute Gasteiger partial charge is 0.372 e. The number of anilines is 1. The second kappa shape index (κ2) is 8.48. The van der Waals surface area contributed by atoms with Gasteiger partial charge in [0.25, 0.3) is 11.8 Å². The molecule has 0 radical (unpaired) electrons. The number of benzene rings is 2. The highest BCUT2D eigenvalue weighted by Crippen LogP contribution is 2.36. The van der Waals surface area contributed by atoms with Crippen molar-refractivity contribution in [2.75, 3.05) is 18.0 Å². The van der Waals surface area contributed by atoms with Gasteiger partial charge in [-0.05, 0) is 55.2 Å². The van der Waals surface area contributed by atoms with E-state index in [1.807, 2.05) is 43.0 Å². The number of halogens is 1. The fourth-order valence-corrected chi connectivity index (χ4v) is 4.42. The summed E-state index contributed by atoms with van der Waals surface area (Å²) in [6, 6.07) is 14.7. The molecular formula is C25H27ClN2O3. The van der Waals surface area contributed by atoms with E-state index in [2.05, 4.69) is 13.8 Å². The number of carbonyl (C=O) groups is 2. The lowest BCUT2D eigenvalue weighted by Crippen LogP contribution is -2.47. The van der Waals surface area contributed by atoms with Crippen LogP contribution in [-0.4, -0.2) is 42.0 Å². The van der Waals surface area contributed by atoms with Crippen molar-refractivity contribution in [2.24, 2.45) is 0 Å². The minimum Gasteiger partial charge on any atom is -0.372 e. The first-order valence-electron chi connectivity index (χ1n) is 10.7. The minimum absolute atomic E-state index is 0.0370. The van der Waals surface area contributed by atoms with E-state index in [0.717, 1.165) is 5.56 Å². The van der Waals surface area contributed by atoms with Crippen molar-refractivity contribution in [3.63, 3.8) is 0 Å². The first-order valence-corrected chi connectivity index (χ1v) is 11.0. The zero-order chi connectivity index (χ0) is 22.3. The van der Waals surface area contributed by atoms with Crippen LogP contribution >= 0.6 is 11.6 Å². The molecule has 2 aromatic rings. The van der Waals surface area contributed by atoms with Crippen LogP contribution in [0.4, 0.5) is 5.69 Å². The molecule has 1 fully saturated rings. The average molecular weight is 439 g/mol. The van der Waals surface area contributed by atoms with Crippen LogP contribution in [0.3, 0.4) is 0 Å². The van der Waals surface area contributed by atoms with E-state index in [1.54, 1.807) is 24.3 Å². The summed E-state index contributed by atoms with van der Waals surface area (Å²) in [6.07, 6.45) is -0.0741. The SMILES string of the molecule is CC1CN(C2=C(c3ccc(Cl)cc3)C(=O)N(c3ccc(C(C)C)cc3)C2=O)CC(C)O1. The molecule has 1 saturated heterocycles. The molecule has 2 heterocycles. The summed E-state index contributed by atoms with van der Waals surface area (Å²) in [5.41, 5.74) is 3.27. The third-order valence-electron chi connectivity index (χ3n) is 5.75. The Bertz CT molecular complexity index is 1020. The highest BCUT2D eigenvalue weighted by atomic mass is 35.5. The molecule has 2 aliphatic heterocycles. The van der Waals surface area contributed by atoms with E-state index in [1.165, 1.54) is 4.90 Å². The molecule has 31 heavy (non-hydrogen) atoms. The van der Waals surface area contributed by atoms with Gasteiger partial charge in [0.05, 0.1) is 23.5 Å². The van der Waals surface area contributed by atoms with Crippen LogP contribution in [-0.2, 0) is 14.3 Å². The van der Waals surface area contributed by atoms with Gasteiger partial charge in [-0.25, -0.2) is 4.90 Å². The van der Waals surface area contributed by atoms with Gasteiger partial charge < -0.3 is 9.64 Å². The van der Waals surface area contributed by atoms with Crippen molar-refractivity contribution in [1.82, 2.24) is 4.90 Å². The van der Waals surface area contributed by atoms with Crippen molar-refractivity contribution < 1.29 is 14.3 Å². The van der Waals surface area contributed by atoms with E-state index in [9.17, 15) is 9.59 Å². The van der Waals surface area contributed by atoms with Gasteiger partial charge in [0.15, 0.2) is 0 Å². The number of nitrogens with zero attached hydrogens (tertiary/aromatic N) is 2. The maximum absolute atomic E-state index is 13.6. The molecule has 2 unspecified atom stereocenters. The summed E-state index contributed by atoms with van der Waals surface area (Å²) in [4.78, 5) is 30.5. The predicted molar refractivity (Wildman–Crippen MR) is 123 cm³/mol. The Kier molecular flexibility index (Phi) is 5.91. The molecule has 0 N–H and O–H groups in total. The predicted octanol–water partition coefficient (Wildman–Crippen LogP) is 4.86. The fraction of sp³-hybridized carbons (Fsp3) is 0.360. The van der Waals surface area contributed by atoms with Crippen LogP contribution in [0.15, 0.2) is 54.2 Å². The van der Waals surface area contributed by atoms with Gasteiger partial charge in [-0.15, -0.1) is 0 Å². The van der Waals surface area contributed by atoms with Crippen LogP contribution in [0.1, 0.15) is 44.7 Å². The minimum atomic E-state index is -0.314. The van der Waals surface area contributed by atoms with Crippen LogP contribution < -0.4 is 4.90 Å². The molecule has 4 rings (SSSR count). The molecule has 0 spiro atoms. The standard InChI is InChI=1S/C25H27ClN2O3/c1-15(2)18-7-11-21(12-8-18)28-24(29)22(19-5-9-20(26)10-6-19)23(25(28)30)27-13-16(3)31-17(4)14-27/h5-12,15-17H,13-14H2,1-4H3. The molecule has 0 saturated carbocycles. The van der Waals surface area contributed by atoms with Gasteiger partial charge >= 0.3 is 0 Å². The second-order valence-corrected chi connectivity index (χ2v) is 9.02. The average Bonchev–Trinajstić information content (AvgIpc) is 2.98. The third-order valence-corrected chi connectivity index (χ3v) is 6.00. The fourth-order valence-electron chi connectivity index (χ4n) is 4.29. The lowest BCUT2D eigenvalue weighted by atomic mass is 10.0.